The van der Waals surface area contributed by atoms with E-state index in [4.69, 9.17) is 13.3 Å². The topological polar surface area (TPSA) is 44.8 Å². The van der Waals surface area contributed by atoms with Gasteiger partial charge in [-0.15, -0.1) is 0 Å². The van der Waals surface area contributed by atoms with Crippen LogP contribution in [0.5, 0.6) is 0 Å². The van der Waals surface area contributed by atoms with Gasteiger partial charge in [-0.25, -0.2) is 0 Å². The minimum absolute atomic E-state index is 0.152. The third-order valence-corrected chi connectivity index (χ3v) is 9.96. The Morgan fingerprint density at radius 2 is 1.60 bits per heavy atom. The smallest absolute Gasteiger partial charge is 0.402 e. The van der Waals surface area contributed by atoms with Crippen LogP contribution in [0.4, 0.5) is 0 Å². The summed E-state index contributed by atoms with van der Waals surface area (Å²) in [6.07, 6.45) is 0.669. The van der Waals surface area contributed by atoms with Gasteiger partial charge in [0, 0.05) is 13.2 Å². The molecule has 4 nitrogen and oxygen atoms in total. The zero-order valence-corrected chi connectivity index (χ0v) is 16.3. The summed E-state index contributed by atoms with van der Waals surface area (Å²) in [4.78, 5) is 12.7. The van der Waals surface area contributed by atoms with Crippen LogP contribution in [-0.4, -0.2) is 36.8 Å². The van der Waals surface area contributed by atoms with Gasteiger partial charge in [-0.2, -0.15) is 0 Å². The van der Waals surface area contributed by atoms with Crippen molar-refractivity contribution in [1.82, 2.24) is 0 Å². The van der Waals surface area contributed by atoms with Gasteiger partial charge in [0.05, 0.1) is 0 Å². The molecule has 0 rings (SSSR count). The highest BCUT2D eigenvalue weighted by atomic mass is 28.4. The summed E-state index contributed by atoms with van der Waals surface area (Å²) >= 11 is 0. The maximum atomic E-state index is 12.7. The first kappa shape index (κ1) is 19.8. The summed E-state index contributed by atoms with van der Waals surface area (Å²) in [6, 6.07) is 0. The Kier molecular flexibility index (Phi) is 8.24. The average molecular weight is 320 g/mol. The fourth-order valence-corrected chi connectivity index (χ4v) is 4.26. The van der Waals surface area contributed by atoms with Gasteiger partial charge in [0.25, 0.3) is 14.3 Å². The fourth-order valence-electron chi connectivity index (χ4n) is 1.46. The molecule has 0 heterocycles. The van der Waals surface area contributed by atoms with Crippen LogP contribution in [0.2, 0.25) is 23.7 Å². The molecular formula is C14H31O4Si2. The van der Waals surface area contributed by atoms with Crippen molar-refractivity contribution in [2.75, 3.05) is 13.2 Å². The normalized spacial score (nSPS) is 15.5. The Hall–Kier alpha value is -0.176. The van der Waals surface area contributed by atoms with Crippen LogP contribution < -0.4 is 0 Å². The second-order valence-corrected chi connectivity index (χ2v) is 12.8. The molecule has 0 aliphatic carbocycles. The minimum Gasteiger partial charge on any atom is -0.519 e. The van der Waals surface area contributed by atoms with Gasteiger partial charge >= 0.3 is 9.28 Å². The Balaban J connectivity index is 5.14. The van der Waals surface area contributed by atoms with Crippen LogP contribution >= 0.6 is 0 Å². The lowest BCUT2D eigenvalue weighted by atomic mass is 10.1. The van der Waals surface area contributed by atoms with E-state index in [2.05, 4.69) is 26.9 Å². The molecule has 0 spiro atoms. The lowest BCUT2D eigenvalue weighted by molar-refractivity contribution is -0.139. The van der Waals surface area contributed by atoms with E-state index in [0.717, 1.165) is 0 Å². The summed E-state index contributed by atoms with van der Waals surface area (Å²) in [5.74, 6) is -0.152. The van der Waals surface area contributed by atoms with E-state index >= 15 is 0 Å². The molecule has 0 saturated heterocycles. The van der Waals surface area contributed by atoms with Gasteiger partial charge in [-0.3, -0.25) is 4.79 Å². The Bertz CT molecular complexity index is 302. The molecule has 0 bridgehead atoms. The van der Waals surface area contributed by atoms with E-state index in [1.807, 2.05) is 27.7 Å². The molecule has 1 unspecified atom stereocenters. The maximum Gasteiger partial charge on any atom is 0.402 e. The standard InChI is InChI=1S/C14H31O4Si2/c1-9-14(6,19(16-10-2)17-11-3)13(15)18-20(7,8)12(4)5/h12H,9-11H2,1-8H3. The number of hydrogen-bond acceptors (Lipinski definition) is 4. The quantitative estimate of drug-likeness (QED) is 0.605. The van der Waals surface area contributed by atoms with E-state index in [1.54, 1.807) is 0 Å². The molecule has 1 radical (unpaired) electrons. The largest absolute Gasteiger partial charge is 0.519 e. The van der Waals surface area contributed by atoms with E-state index in [9.17, 15) is 4.79 Å². The lowest BCUT2D eigenvalue weighted by Gasteiger charge is -2.35. The van der Waals surface area contributed by atoms with Crippen molar-refractivity contribution in [2.24, 2.45) is 0 Å². The van der Waals surface area contributed by atoms with Crippen LogP contribution in [0.3, 0.4) is 0 Å². The molecule has 0 aliphatic rings. The molecule has 0 aromatic heterocycles. The Morgan fingerprint density at radius 3 is 1.90 bits per heavy atom. The van der Waals surface area contributed by atoms with Gasteiger partial charge < -0.3 is 13.3 Å². The zero-order chi connectivity index (χ0) is 16.0. The van der Waals surface area contributed by atoms with Gasteiger partial charge in [-0.05, 0) is 45.8 Å². The summed E-state index contributed by atoms with van der Waals surface area (Å²) in [5.41, 5.74) is 0.391. The van der Waals surface area contributed by atoms with Gasteiger partial charge in [0.15, 0.2) is 0 Å². The highest BCUT2D eigenvalue weighted by Crippen LogP contribution is 2.38. The summed E-state index contributed by atoms with van der Waals surface area (Å²) < 4.78 is 17.4. The van der Waals surface area contributed by atoms with E-state index in [0.29, 0.717) is 25.2 Å². The highest BCUT2D eigenvalue weighted by Gasteiger charge is 2.49. The third kappa shape index (κ3) is 4.98. The average Bonchev–Trinajstić information content (AvgIpc) is 2.36. The molecule has 0 amide bonds. The molecular weight excluding hydrogens is 288 g/mol. The van der Waals surface area contributed by atoms with Crippen LogP contribution in [0.1, 0.15) is 48.0 Å². The molecule has 0 aliphatic heterocycles. The number of hydrogen-bond donors (Lipinski definition) is 0. The van der Waals surface area contributed by atoms with Crippen LogP contribution in [0.25, 0.3) is 0 Å². The summed E-state index contributed by atoms with van der Waals surface area (Å²) in [5, 5.41) is -0.657. The van der Waals surface area contributed by atoms with Gasteiger partial charge in [0.2, 0.25) is 0 Å². The third-order valence-electron chi connectivity index (χ3n) is 3.91. The maximum absolute atomic E-state index is 12.7. The van der Waals surface area contributed by atoms with Crippen molar-refractivity contribution in [3.8, 4) is 0 Å². The molecule has 0 fully saturated rings. The molecule has 0 saturated carbocycles. The predicted octanol–water partition coefficient (Wildman–Crippen LogP) is 3.88. The van der Waals surface area contributed by atoms with Crippen molar-refractivity contribution >= 4 is 23.6 Å². The second-order valence-electron chi connectivity index (χ2n) is 5.99. The number of carbonyl (C=O) groups excluding carboxylic acids is 1. The first-order valence-corrected chi connectivity index (χ1v) is 11.8. The Labute approximate surface area is 127 Å². The molecule has 20 heavy (non-hydrogen) atoms. The van der Waals surface area contributed by atoms with Gasteiger partial charge in [-0.1, -0.05) is 20.8 Å². The van der Waals surface area contributed by atoms with E-state index in [-0.39, 0.29) is 5.97 Å². The Morgan fingerprint density at radius 1 is 1.15 bits per heavy atom. The van der Waals surface area contributed by atoms with Crippen LogP contribution in [-0.2, 0) is 18.1 Å². The molecule has 119 valence electrons. The first-order valence-electron chi connectivity index (χ1n) is 7.52. The zero-order valence-electron chi connectivity index (χ0n) is 14.3. The van der Waals surface area contributed by atoms with Crippen molar-refractivity contribution in [1.29, 1.82) is 0 Å². The molecule has 0 aromatic carbocycles. The monoisotopic (exact) mass is 319 g/mol. The first-order chi connectivity index (χ1) is 9.15. The summed E-state index contributed by atoms with van der Waals surface area (Å²) in [6.45, 7) is 17.3. The van der Waals surface area contributed by atoms with Crippen molar-refractivity contribution < 1.29 is 18.1 Å². The predicted molar refractivity (Wildman–Crippen MR) is 86.3 cm³/mol. The SMILES string of the molecule is CCO[Si](OCC)C(C)(CC)C(=O)O[Si](C)(C)C(C)C. The van der Waals surface area contributed by atoms with Crippen molar-refractivity contribution in [3.05, 3.63) is 0 Å². The van der Waals surface area contributed by atoms with Crippen molar-refractivity contribution in [3.63, 3.8) is 0 Å². The van der Waals surface area contributed by atoms with E-state index < -0.39 is 22.6 Å². The fraction of sp³-hybridized carbons (Fsp3) is 0.929. The van der Waals surface area contributed by atoms with E-state index in [1.165, 1.54) is 0 Å². The molecule has 0 N–H and O–H groups in total. The molecule has 1 atom stereocenters. The van der Waals surface area contributed by atoms with Crippen molar-refractivity contribution in [2.45, 2.75) is 71.6 Å². The summed E-state index contributed by atoms with van der Waals surface area (Å²) in [7, 11) is -3.69. The minimum atomic E-state index is -2.01. The van der Waals surface area contributed by atoms with Gasteiger partial charge in [0.1, 0.15) is 5.04 Å². The molecule has 0 aromatic rings. The number of carbonyl (C=O) groups is 1. The molecule has 6 heteroatoms. The lowest BCUT2D eigenvalue weighted by Crippen LogP contribution is -2.47. The van der Waals surface area contributed by atoms with Crippen LogP contribution in [0, 0.1) is 0 Å². The second kappa shape index (κ2) is 8.31. The highest BCUT2D eigenvalue weighted by molar-refractivity contribution is 6.74. The van der Waals surface area contributed by atoms with Crippen LogP contribution in [0.15, 0.2) is 0 Å². The number of rotatable bonds is 9.